The summed E-state index contributed by atoms with van der Waals surface area (Å²) in [4.78, 5) is 23.2. The highest BCUT2D eigenvalue weighted by Gasteiger charge is 2.26. The van der Waals surface area contributed by atoms with Gasteiger partial charge in [-0.1, -0.05) is 18.2 Å². The van der Waals surface area contributed by atoms with Gasteiger partial charge in [-0.15, -0.1) is 0 Å². The highest BCUT2D eigenvalue weighted by molar-refractivity contribution is 7.87. The van der Waals surface area contributed by atoms with E-state index in [1.807, 2.05) is 0 Å². The molecular weight excluding hydrogens is 403 g/mol. The molecule has 1 saturated carbocycles. The molecule has 0 heterocycles. The van der Waals surface area contributed by atoms with Crippen molar-refractivity contribution in [1.29, 1.82) is 0 Å². The van der Waals surface area contributed by atoms with Crippen LogP contribution in [0.5, 0.6) is 5.75 Å². The van der Waals surface area contributed by atoms with Gasteiger partial charge < -0.3 is 9.29 Å². The number of benzene rings is 2. The van der Waals surface area contributed by atoms with Gasteiger partial charge in [-0.25, -0.2) is 9.18 Å². The molecule has 0 saturated heterocycles. The van der Waals surface area contributed by atoms with Crippen molar-refractivity contribution in [3.63, 3.8) is 0 Å². The maximum atomic E-state index is 14.4. The van der Waals surface area contributed by atoms with Crippen LogP contribution in [0.2, 0.25) is 0 Å². The Labute approximate surface area is 166 Å². The lowest BCUT2D eigenvalue weighted by atomic mass is 9.97. The highest BCUT2D eigenvalue weighted by Crippen LogP contribution is 2.34. The molecule has 0 unspecified atom stereocenters. The van der Waals surface area contributed by atoms with E-state index in [1.165, 1.54) is 24.3 Å². The second-order valence-corrected chi connectivity index (χ2v) is 7.80. The van der Waals surface area contributed by atoms with Gasteiger partial charge in [0, 0.05) is 6.42 Å². The molecule has 0 atom stereocenters. The molecule has 1 fully saturated rings. The van der Waals surface area contributed by atoms with E-state index in [0.717, 1.165) is 25.0 Å². The van der Waals surface area contributed by atoms with Crippen LogP contribution in [0, 0.1) is 5.82 Å². The number of halogens is 1. The van der Waals surface area contributed by atoms with Crippen LogP contribution < -0.4 is 9.61 Å². The average Bonchev–Trinajstić information content (AvgIpc) is 2.69. The number of carbonyl (C=O) groups is 2. The van der Waals surface area contributed by atoms with Gasteiger partial charge in [0.1, 0.15) is 21.9 Å². The summed E-state index contributed by atoms with van der Waals surface area (Å²) in [5.74, 6) is -3.47. The summed E-state index contributed by atoms with van der Waals surface area (Å²) in [5, 5.41) is 13.3. The van der Waals surface area contributed by atoms with Crippen molar-refractivity contribution in [3.8, 4) is 5.75 Å². The molecule has 2 aromatic carbocycles. The number of ketones is 1. The molecule has 3 rings (SSSR count). The largest absolute Gasteiger partial charge is 0.478 e. The number of rotatable bonds is 6. The third-order valence-corrected chi connectivity index (χ3v) is 5.49. The highest BCUT2D eigenvalue weighted by atomic mass is 32.2. The molecule has 1 aliphatic rings. The Bertz CT molecular complexity index is 1080. The van der Waals surface area contributed by atoms with Crippen LogP contribution in [0.1, 0.15) is 36.0 Å². The van der Waals surface area contributed by atoms with Gasteiger partial charge in [-0.05, 0) is 43.5 Å². The maximum absolute atomic E-state index is 14.4. The first kappa shape index (κ1) is 20.5. The number of nitrogens with one attached hydrogen (secondary N) is 1. The van der Waals surface area contributed by atoms with Crippen LogP contribution in [-0.2, 0) is 14.9 Å². The molecule has 1 aliphatic carbocycles. The quantitative estimate of drug-likeness (QED) is 0.543. The number of Topliss-reactive ketones (excluding diaryl/α,β-unsaturated/α-hetero) is 1. The molecule has 0 spiro atoms. The van der Waals surface area contributed by atoms with Crippen LogP contribution in [-0.4, -0.2) is 31.0 Å². The number of carboxylic acid groups (broad SMARTS) is 1. The number of hydrazone groups is 1. The van der Waals surface area contributed by atoms with Gasteiger partial charge in [-0.3, -0.25) is 10.2 Å². The Kier molecular flexibility index (Phi) is 5.92. The van der Waals surface area contributed by atoms with Gasteiger partial charge in [0.15, 0.2) is 17.3 Å². The number of carbonyl (C=O) groups excluding carboxylic acids is 1. The van der Waals surface area contributed by atoms with Gasteiger partial charge in [-0.2, -0.15) is 13.5 Å². The van der Waals surface area contributed by atoms with Crippen molar-refractivity contribution in [2.24, 2.45) is 5.10 Å². The minimum atomic E-state index is -4.45. The monoisotopic (exact) mass is 420 g/mol. The van der Waals surface area contributed by atoms with Crippen LogP contribution >= 0.6 is 0 Å². The van der Waals surface area contributed by atoms with E-state index >= 15 is 0 Å². The van der Waals surface area contributed by atoms with Gasteiger partial charge in [0.2, 0.25) is 0 Å². The number of carboxylic acids is 1. The van der Waals surface area contributed by atoms with Crippen LogP contribution in [0.15, 0.2) is 52.5 Å². The molecule has 10 heteroatoms. The van der Waals surface area contributed by atoms with Crippen LogP contribution in [0.25, 0.3) is 0 Å². The van der Waals surface area contributed by atoms with Crippen molar-refractivity contribution < 1.29 is 31.7 Å². The molecule has 0 radical (unpaired) electrons. The van der Waals surface area contributed by atoms with E-state index in [0.29, 0.717) is 12.8 Å². The lowest BCUT2D eigenvalue weighted by molar-refractivity contribution is -0.113. The van der Waals surface area contributed by atoms with E-state index in [4.69, 9.17) is 4.18 Å². The average molecular weight is 420 g/mol. The summed E-state index contributed by atoms with van der Waals surface area (Å²) in [7, 11) is -4.45. The number of nitrogens with zero attached hydrogens (tertiary/aromatic N) is 1. The Balaban J connectivity index is 2.04. The second-order valence-electron chi connectivity index (χ2n) is 6.26. The predicted molar refractivity (Wildman–Crippen MR) is 102 cm³/mol. The smallest absolute Gasteiger partial charge is 0.339 e. The summed E-state index contributed by atoms with van der Waals surface area (Å²) in [5.41, 5.74) is 1.30. The zero-order valence-corrected chi connectivity index (χ0v) is 15.9. The topological polar surface area (TPSA) is 122 Å². The standard InChI is InChI=1S/C19H17FN2O6S/c20-14-11-10-13(19(24)25)18(28-29(26,27)12-6-2-1-3-7-12)17(14)22-21-15-8-4-5-9-16(15)23/h1-3,6-7,10-11,22H,4-5,8-9H2,(H,24,25)/b21-15-. The number of hydrogen-bond acceptors (Lipinski definition) is 7. The van der Waals surface area contributed by atoms with E-state index in [9.17, 15) is 27.5 Å². The van der Waals surface area contributed by atoms with E-state index in [-0.39, 0.29) is 16.4 Å². The van der Waals surface area contributed by atoms with Crippen LogP contribution in [0.3, 0.4) is 0 Å². The molecule has 0 amide bonds. The lowest BCUT2D eigenvalue weighted by Crippen LogP contribution is -2.20. The minimum Gasteiger partial charge on any atom is -0.478 e. The Morgan fingerprint density at radius 2 is 1.79 bits per heavy atom. The van der Waals surface area contributed by atoms with Crippen molar-refractivity contribution in [1.82, 2.24) is 0 Å². The normalized spacial score (nSPS) is 15.9. The molecule has 0 bridgehead atoms. The summed E-state index contributed by atoms with van der Waals surface area (Å²) < 4.78 is 44.5. The molecule has 29 heavy (non-hydrogen) atoms. The van der Waals surface area contributed by atoms with E-state index in [2.05, 4.69) is 10.5 Å². The molecule has 0 aliphatic heterocycles. The Hall–Kier alpha value is -3.27. The van der Waals surface area contributed by atoms with Crippen molar-refractivity contribution >= 4 is 33.3 Å². The zero-order valence-electron chi connectivity index (χ0n) is 15.1. The molecular formula is C19H17FN2O6S. The first-order valence-corrected chi connectivity index (χ1v) is 10.1. The summed E-state index contributed by atoms with van der Waals surface area (Å²) in [6.45, 7) is 0. The van der Waals surface area contributed by atoms with Crippen molar-refractivity contribution in [3.05, 3.63) is 53.8 Å². The number of anilines is 1. The molecule has 2 N–H and O–H groups in total. The van der Waals surface area contributed by atoms with E-state index in [1.54, 1.807) is 6.07 Å². The van der Waals surface area contributed by atoms with Crippen molar-refractivity contribution in [2.75, 3.05) is 5.43 Å². The third kappa shape index (κ3) is 4.60. The van der Waals surface area contributed by atoms with E-state index < -0.39 is 38.9 Å². The van der Waals surface area contributed by atoms with Gasteiger partial charge in [0.25, 0.3) is 0 Å². The van der Waals surface area contributed by atoms with Gasteiger partial charge >= 0.3 is 16.1 Å². The summed E-state index contributed by atoms with van der Waals surface area (Å²) >= 11 is 0. The Morgan fingerprint density at radius 3 is 2.45 bits per heavy atom. The lowest BCUT2D eigenvalue weighted by Gasteiger charge is -2.16. The fourth-order valence-corrected chi connectivity index (χ4v) is 3.75. The fourth-order valence-electron chi connectivity index (χ4n) is 2.77. The minimum absolute atomic E-state index is 0.174. The number of hydrogen-bond donors (Lipinski definition) is 2. The van der Waals surface area contributed by atoms with Crippen LogP contribution in [0.4, 0.5) is 10.1 Å². The molecule has 8 nitrogen and oxygen atoms in total. The van der Waals surface area contributed by atoms with Crippen molar-refractivity contribution in [2.45, 2.75) is 30.6 Å². The second kappa shape index (κ2) is 8.39. The fraction of sp³-hybridized carbons (Fsp3) is 0.211. The predicted octanol–water partition coefficient (Wildman–Crippen LogP) is 3.20. The first-order valence-electron chi connectivity index (χ1n) is 8.70. The summed E-state index contributed by atoms with van der Waals surface area (Å²) in [6.07, 6.45) is 2.15. The van der Waals surface area contributed by atoms with Gasteiger partial charge in [0.05, 0.1) is 0 Å². The summed E-state index contributed by atoms with van der Waals surface area (Å²) in [6, 6.07) is 8.74. The number of aromatic carboxylic acids is 1. The SMILES string of the molecule is O=C1CCCC/C1=N/Nc1c(F)ccc(C(=O)O)c1OS(=O)(=O)c1ccccc1. The maximum Gasteiger partial charge on any atom is 0.339 e. The molecule has 0 aromatic heterocycles. The molecule has 2 aromatic rings. The molecule has 152 valence electrons. The first-order chi connectivity index (χ1) is 13.8. The zero-order chi connectivity index (χ0) is 21.0. The third-order valence-electron chi connectivity index (χ3n) is 4.25. The Morgan fingerprint density at radius 1 is 1.10 bits per heavy atom.